The van der Waals surface area contributed by atoms with Gasteiger partial charge in [0.2, 0.25) is 0 Å². The SMILES string of the molecule is Cc1ccc(COc2c(I)cc(/C=N\NC(=O)c3ccc(C#N)cc3F)cc2I)cc1. The summed E-state index contributed by atoms with van der Waals surface area (Å²) in [5, 5.41) is 12.7. The maximum Gasteiger partial charge on any atom is 0.274 e. The minimum absolute atomic E-state index is 0.145. The molecule has 0 unspecified atom stereocenters. The van der Waals surface area contributed by atoms with Gasteiger partial charge in [0, 0.05) is 0 Å². The van der Waals surface area contributed by atoms with Crippen LogP contribution in [0.25, 0.3) is 0 Å². The van der Waals surface area contributed by atoms with Crippen molar-refractivity contribution in [3.05, 3.63) is 95.4 Å². The zero-order chi connectivity index (χ0) is 22.4. The predicted molar refractivity (Wildman–Crippen MR) is 134 cm³/mol. The summed E-state index contributed by atoms with van der Waals surface area (Å²) in [5.74, 6) is -0.686. The van der Waals surface area contributed by atoms with Crippen LogP contribution >= 0.6 is 45.2 Å². The van der Waals surface area contributed by atoms with Gasteiger partial charge in [0.25, 0.3) is 5.91 Å². The normalized spacial score (nSPS) is 10.7. The highest BCUT2D eigenvalue weighted by atomic mass is 127. The predicted octanol–water partition coefficient (Wildman–Crippen LogP) is 5.56. The molecular formula is C23H16FI2N3O2. The molecule has 0 saturated heterocycles. The van der Waals surface area contributed by atoms with Crippen LogP contribution in [0.5, 0.6) is 5.75 Å². The molecule has 0 aromatic heterocycles. The van der Waals surface area contributed by atoms with E-state index in [9.17, 15) is 9.18 Å². The van der Waals surface area contributed by atoms with Crippen molar-refractivity contribution in [3.63, 3.8) is 0 Å². The third-order valence-corrected chi connectivity index (χ3v) is 5.85. The molecular weight excluding hydrogens is 623 g/mol. The van der Waals surface area contributed by atoms with Gasteiger partial charge in [-0.1, -0.05) is 29.8 Å². The van der Waals surface area contributed by atoms with Gasteiger partial charge >= 0.3 is 0 Å². The van der Waals surface area contributed by atoms with Crippen molar-refractivity contribution in [1.82, 2.24) is 5.43 Å². The fraction of sp³-hybridized carbons (Fsp3) is 0.0870. The first kappa shape index (κ1) is 23.1. The summed E-state index contributed by atoms with van der Waals surface area (Å²) in [6.07, 6.45) is 1.48. The highest BCUT2D eigenvalue weighted by molar-refractivity contribution is 14.1. The smallest absolute Gasteiger partial charge is 0.274 e. The van der Waals surface area contributed by atoms with E-state index in [4.69, 9.17) is 10.00 Å². The molecule has 0 saturated carbocycles. The highest BCUT2D eigenvalue weighted by Gasteiger charge is 2.12. The largest absolute Gasteiger partial charge is 0.487 e. The van der Waals surface area contributed by atoms with E-state index in [1.807, 2.05) is 49.4 Å². The molecule has 3 aromatic carbocycles. The van der Waals surface area contributed by atoms with Gasteiger partial charge in [-0.15, -0.1) is 0 Å². The molecule has 0 radical (unpaired) electrons. The van der Waals surface area contributed by atoms with Crippen molar-refractivity contribution < 1.29 is 13.9 Å². The van der Waals surface area contributed by atoms with Gasteiger partial charge in [-0.25, -0.2) is 9.82 Å². The third kappa shape index (κ3) is 6.24. The molecule has 8 heteroatoms. The molecule has 0 bridgehead atoms. The van der Waals surface area contributed by atoms with Crippen LogP contribution in [0.3, 0.4) is 0 Å². The summed E-state index contributed by atoms with van der Waals surface area (Å²) in [4.78, 5) is 12.1. The molecule has 0 atom stereocenters. The summed E-state index contributed by atoms with van der Waals surface area (Å²) >= 11 is 4.38. The Kier molecular flexibility index (Phi) is 7.97. The first-order chi connectivity index (χ1) is 14.9. The number of nitrogens with one attached hydrogen (secondary N) is 1. The molecule has 5 nitrogen and oxygen atoms in total. The number of nitrogens with zero attached hydrogens (tertiary/aromatic N) is 2. The lowest BCUT2D eigenvalue weighted by Crippen LogP contribution is -2.19. The zero-order valence-electron chi connectivity index (χ0n) is 16.3. The summed E-state index contributed by atoms with van der Waals surface area (Å²) in [6.45, 7) is 2.51. The maximum absolute atomic E-state index is 13.9. The van der Waals surface area contributed by atoms with Gasteiger partial charge in [0.15, 0.2) is 0 Å². The molecule has 0 heterocycles. The quantitative estimate of drug-likeness (QED) is 0.218. The van der Waals surface area contributed by atoms with E-state index in [1.165, 1.54) is 23.9 Å². The van der Waals surface area contributed by atoms with Gasteiger partial charge < -0.3 is 4.74 Å². The van der Waals surface area contributed by atoms with Crippen LogP contribution in [0.1, 0.15) is 32.6 Å². The minimum atomic E-state index is -0.772. The number of halogens is 3. The third-order valence-electron chi connectivity index (χ3n) is 4.25. The molecule has 31 heavy (non-hydrogen) atoms. The Bertz CT molecular complexity index is 1170. The van der Waals surface area contributed by atoms with Gasteiger partial charge in [0.1, 0.15) is 18.2 Å². The number of carbonyl (C=O) groups is 1. The lowest BCUT2D eigenvalue weighted by molar-refractivity contribution is 0.0951. The first-order valence-corrected chi connectivity index (χ1v) is 11.2. The van der Waals surface area contributed by atoms with Gasteiger partial charge in [0.05, 0.1) is 30.6 Å². The Morgan fingerprint density at radius 2 is 1.84 bits per heavy atom. The van der Waals surface area contributed by atoms with Gasteiger partial charge in [-0.05, 0) is 93.6 Å². The highest BCUT2D eigenvalue weighted by Crippen LogP contribution is 2.29. The monoisotopic (exact) mass is 639 g/mol. The maximum atomic E-state index is 13.9. The number of benzene rings is 3. The van der Waals surface area contributed by atoms with Gasteiger partial charge in [-0.3, -0.25) is 4.79 Å². The number of aryl methyl sites for hydroxylation is 1. The number of rotatable bonds is 6. The average molecular weight is 639 g/mol. The Morgan fingerprint density at radius 1 is 1.16 bits per heavy atom. The number of hydrogen-bond acceptors (Lipinski definition) is 4. The van der Waals surface area contributed by atoms with E-state index < -0.39 is 11.7 Å². The lowest BCUT2D eigenvalue weighted by Gasteiger charge is -2.11. The standard InChI is InChI=1S/C23H16FI2N3O2/c1-14-2-4-15(5-3-14)13-31-22-20(25)9-17(10-21(22)26)12-28-29-23(30)18-7-6-16(11-27)8-19(18)24/h2-10,12H,13H2,1H3,(H,29,30)/b28-12-. The number of carbonyl (C=O) groups excluding carboxylic acids is 1. The summed E-state index contributed by atoms with van der Waals surface area (Å²) in [7, 11) is 0. The molecule has 3 rings (SSSR count). The van der Waals surface area contributed by atoms with Crippen molar-refractivity contribution in [2.24, 2.45) is 5.10 Å². The van der Waals surface area contributed by atoms with Crippen LogP contribution in [-0.4, -0.2) is 12.1 Å². The van der Waals surface area contributed by atoms with Crippen molar-refractivity contribution in [1.29, 1.82) is 5.26 Å². The Labute approximate surface area is 206 Å². The van der Waals surface area contributed by atoms with Crippen LogP contribution in [0, 0.1) is 31.2 Å². The molecule has 0 fully saturated rings. The van der Waals surface area contributed by atoms with E-state index in [0.717, 1.165) is 30.1 Å². The number of hydrazone groups is 1. The lowest BCUT2D eigenvalue weighted by atomic mass is 10.1. The van der Waals surface area contributed by atoms with E-state index in [0.29, 0.717) is 6.61 Å². The summed E-state index contributed by atoms with van der Waals surface area (Å²) < 4.78 is 21.7. The second-order valence-corrected chi connectivity index (χ2v) is 8.92. The second kappa shape index (κ2) is 10.7. The van der Waals surface area contributed by atoms with E-state index in [-0.39, 0.29) is 11.1 Å². The van der Waals surface area contributed by atoms with Crippen LogP contribution in [0.2, 0.25) is 0 Å². The van der Waals surface area contributed by atoms with E-state index in [2.05, 4.69) is 55.7 Å². The van der Waals surface area contributed by atoms with Crippen LogP contribution in [-0.2, 0) is 6.61 Å². The van der Waals surface area contributed by atoms with Crippen molar-refractivity contribution in [2.45, 2.75) is 13.5 Å². The number of nitriles is 1. The Hall–Kier alpha value is -2.52. The fourth-order valence-electron chi connectivity index (χ4n) is 2.63. The molecule has 1 amide bonds. The van der Waals surface area contributed by atoms with Crippen molar-refractivity contribution in [3.8, 4) is 11.8 Å². The molecule has 0 spiro atoms. The fourth-order valence-corrected chi connectivity index (χ4v) is 4.75. The van der Waals surface area contributed by atoms with E-state index >= 15 is 0 Å². The second-order valence-electron chi connectivity index (χ2n) is 6.59. The van der Waals surface area contributed by atoms with Crippen molar-refractivity contribution in [2.75, 3.05) is 0 Å². The molecule has 0 aliphatic heterocycles. The number of ether oxygens (including phenoxy) is 1. The zero-order valence-corrected chi connectivity index (χ0v) is 20.6. The molecule has 3 aromatic rings. The molecule has 0 aliphatic rings. The number of hydrogen-bond donors (Lipinski definition) is 1. The Morgan fingerprint density at radius 3 is 2.45 bits per heavy atom. The van der Waals surface area contributed by atoms with Crippen LogP contribution < -0.4 is 10.2 Å². The summed E-state index contributed by atoms with van der Waals surface area (Å²) in [5.41, 5.74) is 5.31. The van der Waals surface area contributed by atoms with Crippen molar-refractivity contribution >= 4 is 57.3 Å². The average Bonchev–Trinajstić information content (AvgIpc) is 2.74. The molecule has 156 valence electrons. The van der Waals surface area contributed by atoms with Crippen LogP contribution in [0.15, 0.2) is 59.7 Å². The molecule has 0 aliphatic carbocycles. The summed E-state index contributed by atoms with van der Waals surface area (Å²) in [6, 6.07) is 17.4. The van der Waals surface area contributed by atoms with E-state index in [1.54, 1.807) is 0 Å². The van der Waals surface area contributed by atoms with Crippen LogP contribution in [0.4, 0.5) is 4.39 Å². The first-order valence-electron chi connectivity index (χ1n) is 9.08. The Balaban J connectivity index is 1.65. The minimum Gasteiger partial charge on any atom is -0.487 e. The van der Waals surface area contributed by atoms with Gasteiger partial charge in [-0.2, -0.15) is 10.4 Å². The topological polar surface area (TPSA) is 74.5 Å². The molecule has 1 N–H and O–H groups in total. The number of amides is 1.